The van der Waals surface area contributed by atoms with Gasteiger partial charge in [-0.05, 0) is 31.9 Å². The van der Waals surface area contributed by atoms with Crippen molar-refractivity contribution in [3.63, 3.8) is 0 Å². The van der Waals surface area contributed by atoms with Crippen LogP contribution in [0.3, 0.4) is 0 Å². The van der Waals surface area contributed by atoms with Crippen LogP contribution in [0, 0.1) is 6.92 Å². The number of aromatic nitrogens is 1. The molecule has 0 spiro atoms. The van der Waals surface area contributed by atoms with Gasteiger partial charge in [0.15, 0.2) is 0 Å². The van der Waals surface area contributed by atoms with Crippen molar-refractivity contribution in [1.82, 2.24) is 10.4 Å². The third kappa shape index (κ3) is 4.41. The number of carbonyl (C=O) groups is 2. The first-order valence-corrected chi connectivity index (χ1v) is 9.21. The highest BCUT2D eigenvalue weighted by Gasteiger charge is 2.76. The minimum atomic E-state index is -6.66. The molecule has 0 aromatic carbocycles. The summed E-state index contributed by atoms with van der Waals surface area (Å²) in [6, 6.07) is 2.95. The molecular weight excluding hydrogens is 467 g/mol. The zero-order chi connectivity index (χ0) is 24.6. The van der Waals surface area contributed by atoms with Crippen LogP contribution in [0.5, 0.6) is 5.75 Å². The summed E-state index contributed by atoms with van der Waals surface area (Å²) in [7, 11) is 0. The Morgan fingerprint density at radius 2 is 1.85 bits per heavy atom. The number of esters is 1. The molecule has 0 aliphatic heterocycles. The molecule has 0 unspecified atom stereocenters. The van der Waals surface area contributed by atoms with Crippen molar-refractivity contribution in [3.05, 3.63) is 47.2 Å². The fraction of sp³-hybridized carbons (Fsp3) is 0.368. The zero-order valence-corrected chi connectivity index (χ0v) is 16.6. The van der Waals surface area contributed by atoms with Crippen LogP contribution in [-0.2, 0) is 11.2 Å². The minimum absolute atomic E-state index is 0.0337. The first-order valence-electron chi connectivity index (χ1n) is 9.21. The predicted molar refractivity (Wildman–Crippen MR) is 96.2 cm³/mol. The molecule has 0 saturated heterocycles. The van der Waals surface area contributed by atoms with Crippen LogP contribution in [0.1, 0.15) is 40.3 Å². The third-order valence-corrected chi connectivity index (χ3v) is 4.68. The molecule has 0 saturated carbocycles. The van der Waals surface area contributed by atoms with Gasteiger partial charge in [0.2, 0.25) is 5.76 Å². The van der Waals surface area contributed by atoms with E-state index in [9.17, 15) is 40.3 Å². The van der Waals surface area contributed by atoms with Crippen molar-refractivity contribution < 1.29 is 49.5 Å². The van der Waals surface area contributed by atoms with Crippen LogP contribution < -0.4 is 10.2 Å². The van der Waals surface area contributed by atoms with E-state index in [1.54, 1.807) is 0 Å². The van der Waals surface area contributed by atoms with Gasteiger partial charge < -0.3 is 9.15 Å². The summed E-state index contributed by atoms with van der Waals surface area (Å²) in [5.74, 6) is -16.6. The van der Waals surface area contributed by atoms with E-state index in [0.29, 0.717) is 6.42 Å². The van der Waals surface area contributed by atoms with Crippen LogP contribution in [0.25, 0.3) is 0 Å². The number of halogens is 7. The molecule has 1 N–H and O–H groups in total. The number of fused-ring (bicyclic) bond motifs is 1. The number of nitrogens with one attached hydrogen (secondary N) is 1. The monoisotopic (exact) mass is 481 g/mol. The lowest BCUT2D eigenvalue weighted by Gasteiger charge is -2.26. The SMILES string of the molecule is Cc1c(C(=O)Oc2cccnc2)oc2c1/C(=N/NC(=O)C(F)(F)C(F)(F)C(F)(F)F)CCC2. The van der Waals surface area contributed by atoms with Crippen LogP contribution in [0.15, 0.2) is 34.0 Å². The first-order chi connectivity index (χ1) is 15.3. The molecule has 1 amide bonds. The summed E-state index contributed by atoms with van der Waals surface area (Å²) in [4.78, 5) is 27.7. The topological polar surface area (TPSA) is 93.8 Å². The number of rotatable bonds is 5. The number of aryl methyl sites for hydroxylation is 1. The van der Waals surface area contributed by atoms with E-state index in [1.807, 2.05) is 0 Å². The maximum absolute atomic E-state index is 13.5. The highest BCUT2D eigenvalue weighted by molar-refractivity contribution is 6.06. The van der Waals surface area contributed by atoms with E-state index in [-0.39, 0.29) is 47.0 Å². The highest BCUT2D eigenvalue weighted by Crippen LogP contribution is 2.46. The number of amides is 1. The molecule has 33 heavy (non-hydrogen) atoms. The maximum atomic E-state index is 13.5. The van der Waals surface area contributed by atoms with Crippen molar-refractivity contribution in [3.8, 4) is 5.75 Å². The fourth-order valence-corrected chi connectivity index (χ4v) is 3.04. The Bertz CT molecular complexity index is 1090. The van der Waals surface area contributed by atoms with Crippen molar-refractivity contribution in [2.24, 2.45) is 5.10 Å². The number of hydrogen-bond donors (Lipinski definition) is 1. The number of furan rings is 1. The predicted octanol–water partition coefficient (Wildman–Crippen LogP) is 4.19. The van der Waals surface area contributed by atoms with E-state index in [0.717, 1.165) is 5.43 Å². The standard InChI is InChI=1S/C19H14F7N3O4/c1-9-13-11(28-29-16(31)17(20,21)18(22,23)19(24,25)26)5-2-6-12(13)33-14(9)15(30)32-10-4-3-7-27-8-10/h3-4,7-8H,2,5-6H2,1H3,(H,29,31)/b28-11+. The third-order valence-electron chi connectivity index (χ3n) is 4.68. The second kappa shape index (κ2) is 8.48. The molecule has 0 bridgehead atoms. The van der Waals surface area contributed by atoms with Gasteiger partial charge in [-0.25, -0.2) is 10.2 Å². The second-order valence-corrected chi connectivity index (χ2v) is 6.93. The van der Waals surface area contributed by atoms with Crippen molar-refractivity contribution >= 4 is 17.6 Å². The molecule has 1 aliphatic rings. The average Bonchev–Trinajstić information content (AvgIpc) is 3.09. The molecule has 2 heterocycles. The quantitative estimate of drug-likeness (QED) is 0.393. The molecule has 1 aliphatic carbocycles. The van der Waals surface area contributed by atoms with Crippen molar-refractivity contribution in [2.45, 2.75) is 44.2 Å². The van der Waals surface area contributed by atoms with Crippen LogP contribution in [-0.4, -0.2) is 40.6 Å². The Hall–Kier alpha value is -3.45. The number of hydrogen-bond acceptors (Lipinski definition) is 6. The fourth-order valence-electron chi connectivity index (χ4n) is 3.04. The van der Waals surface area contributed by atoms with E-state index >= 15 is 0 Å². The Labute approximate surface area is 180 Å². The van der Waals surface area contributed by atoms with Gasteiger partial charge in [0.25, 0.3) is 0 Å². The van der Waals surface area contributed by atoms with Crippen LogP contribution in [0.4, 0.5) is 30.7 Å². The molecular formula is C19H14F7N3O4. The maximum Gasteiger partial charge on any atom is 0.460 e. The Kier molecular flexibility index (Phi) is 6.22. The zero-order valence-electron chi connectivity index (χ0n) is 16.6. The summed E-state index contributed by atoms with van der Waals surface area (Å²) < 4.78 is 100. The average molecular weight is 481 g/mol. The molecule has 2 aromatic heterocycles. The van der Waals surface area contributed by atoms with Gasteiger partial charge in [0, 0.05) is 23.7 Å². The summed E-state index contributed by atoms with van der Waals surface area (Å²) in [5.41, 5.74) is 1.21. The summed E-state index contributed by atoms with van der Waals surface area (Å²) >= 11 is 0. The van der Waals surface area contributed by atoms with Crippen molar-refractivity contribution in [1.29, 1.82) is 0 Å². The number of pyridine rings is 1. The molecule has 0 atom stereocenters. The summed E-state index contributed by atoms with van der Waals surface area (Å²) in [6.07, 6.45) is -3.34. The molecule has 0 fully saturated rings. The molecule has 14 heteroatoms. The van der Waals surface area contributed by atoms with E-state index in [1.165, 1.54) is 31.5 Å². The lowest BCUT2D eigenvalue weighted by molar-refractivity contribution is -0.344. The van der Waals surface area contributed by atoms with Gasteiger partial charge in [0.1, 0.15) is 11.5 Å². The molecule has 3 rings (SSSR count). The Morgan fingerprint density at radius 1 is 1.15 bits per heavy atom. The molecule has 0 radical (unpaired) electrons. The van der Waals surface area contributed by atoms with Gasteiger partial charge in [0.05, 0.1) is 11.9 Å². The van der Waals surface area contributed by atoms with Gasteiger partial charge in [-0.1, -0.05) is 0 Å². The number of ether oxygens (including phenoxy) is 1. The Balaban J connectivity index is 1.85. The number of hydrazone groups is 1. The lowest BCUT2D eigenvalue weighted by Crippen LogP contribution is -2.58. The van der Waals surface area contributed by atoms with Gasteiger partial charge in [-0.3, -0.25) is 9.78 Å². The smallest absolute Gasteiger partial charge is 0.453 e. The Morgan fingerprint density at radius 3 is 2.45 bits per heavy atom. The summed E-state index contributed by atoms with van der Waals surface area (Å²) in [6.45, 7) is 1.40. The van der Waals surface area contributed by atoms with Gasteiger partial charge in [-0.15, -0.1) is 0 Å². The van der Waals surface area contributed by atoms with Gasteiger partial charge in [-0.2, -0.15) is 35.8 Å². The van der Waals surface area contributed by atoms with Gasteiger partial charge >= 0.3 is 29.9 Å². The van der Waals surface area contributed by atoms with E-state index in [4.69, 9.17) is 9.15 Å². The number of alkyl halides is 7. The largest absolute Gasteiger partial charge is 0.460 e. The second-order valence-electron chi connectivity index (χ2n) is 6.93. The molecule has 178 valence electrons. The first kappa shape index (κ1) is 24.2. The number of carbonyl (C=O) groups excluding carboxylic acids is 2. The number of nitrogens with zero attached hydrogens (tertiary/aromatic N) is 2. The lowest BCUT2D eigenvalue weighted by atomic mass is 9.93. The van der Waals surface area contributed by atoms with E-state index < -0.39 is 29.9 Å². The minimum Gasteiger partial charge on any atom is -0.453 e. The van der Waals surface area contributed by atoms with Crippen molar-refractivity contribution in [2.75, 3.05) is 0 Å². The van der Waals surface area contributed by atoms with Crippen LogP contribution >= 0.6 is 0 Å². The summed E-state index contributed by atoms with van der Waals surface area (Å²) in [5, 5.41) is 3.32. The van der Waals surface area contributed by atoms with E-state index in [2.05, 4.69) is 10.1 Å². The molecule has 2 aromatic rings. The van der Waals surface area contributed by atoms with Crippen LogP contribution in [0.2, 0.25) is 0 Å². The molecule has 7 nitrogen and oxygen atoms in total. The normalized spacial score (nSPS) is 15.8. The highest BCUT2D eigenvalue weighted by atomic mass is 19.4.